The van der Waals surface area contributed by atoms with E-state index in [0.29, 0.717) is 0 Å². The molecule has 1 N–H and O–H groups in total. The summed E-state index contributed by atoms with van der Waals surface area (Å²) in [6.07, 6.45) is 0. The minimum Gasteiger partial charge on any atom is -0.455 e. The first-order valence-corrected chi connectivity index (χ1v) is 12.4. The molecule has 7 rings (SSSR count). The van der Waals surface area contributed by atoms with Crippen LogP contribution in [0.25, 0.3) is 53.9 Å². The van der Waals surface area contributed by atoms with Crippen molar-refractivity contribution in [3.8, 4) is 21.7 Å². The number of fused-ring (bicyclic) bond motifs is 4. The summed E-state index contributed by atoms with van der Waals surface area (Å²) >= 11 is 1.72. The Hall–Kier alpha value is -4.41. The molecular weight excluding hydrogens is 448 g/mol. The van der Waals surface area contributed by atoms with Crippen LogP contribution in [0.4, 0.5) is 11.4 Å². The number of nitrogens with one attached hydrogen (secondary N) is 1. The third kappa shape index (κ3) is 3.56. The number of hydrogen-bond donors (Lipinski definition) is 1. The van der Waals surface area contributed by atoms with Gasteiger partial charge in [0.2, 0.25) is 0 Å². The third-order valence-electron chi connectivity index (χ3n) is 6.31. The molecule has 0 atom stereocenters. The van der Waals surface area contributed by atoms with E-state index in [2.05, 4.69) is 102 Å². The van der Waals surface area contributed by atoms with Crippen LogP contribution < -0.4 is 5.32 Å². The molecule has 0 saturated carbocycles. The molecule has 35 heavy (non-hydrogen) atoms. The van der Waals surface area contributed by atoms with Crippen LogP contribution in [0.2, 0.25) is 0 Å². The molecule has 0 aliphatic rings. The highest BCUT2D eigenvalue weighted by molar-refractivity contribution is 7.21. The number of para-hydroxylation sites is 3. The average Bonchev–Trinajstić information content (AvgIpc) is 3.51. The molecule has 0 spiro atoms. The van der Waals surface area contributed by atoms with E-state index in [1.807, 2.05) is 18.2 Å². The lowest BCUT2D eigenvalue weighted by atomic mass is 10.0. The van der Waals surface area contributed by atoms with Crippen LogP contribution in [0.5, 0.6) is 0 Å². The summed E-state index contributed by atoms with van der Waals surface area (Å²) < 4.78 is 7.42. The minimum atomic E-state index is 0.919. The van der Waals surface area contributed by atoms with E-state index in [1.54, 1.807) is 11.3 Å². The van der Waals surface area contributed by atoms with Gasteiger partial charge in [-0.15, -0.1) is 11.3 Å². The van der Waals surface area contributed by atoms with Gasteiger partial charge in [-0.05, 0) is 60.2 Å². The van der Waals surface area contributed by atoms with Crippen LogP contribution in [0.15, 0.2) is 120 Å². The highest BCUT2D eigenvalue weighted by Gasteiger charge is 2.12. The number of aromatic nitrogens is 1. The molecule has 0 bridgehead atoms. The number of nitrogens with zero attached hydrogens (tertiary/aromatic N) is 1. The van der Waals surface area contributed by atoms with E-state index in [9.17, 15) is 0 Å². The number of rotatable bonds is 4. The van der Waals surface area contributed by atoms with E-state index >= 15 is 0 Å². The van der Waals surface area contributed by atoms with Gasteiger partial charge < -0.3 is 9.73 Å². The Labute approximate surface area is 206 Å². The lowest BCUT2D eigenvalue weighted by Gasteiger charge is -2.09. The van der Waals surface area contributed by atoms with Crippen LogP contribution >= 0.6 is 11.3 Å². The van der Waals surface area contributed by atoms with Crippen molar-refractivity contribution >= 4 is 54.9 Å². The zero-order valence-corrected chi connectivity index (χ0v) is 19.5. The van der Waals surface area contributed by atoms with E-state index in [0.717, 1.165) is 60.5 Å². The van der Waals surface area contributed by atoms with Gasteiger partial charge in [0.05, 0.1) is 10.2 Å². The standard InChI is InChI=1S/C31H20N2OS/c1-3-10-28-25(6-1)26-8-5-7-24(30(26)34-28)20-12-16-22(17-13-20)32-23-18-14-21(15-19-23)31-33-27-9-2-4-11-29(27)35-31/h1-19,32H. The zero-order chi connectivity index (χ0) is 23.2. The first kappa shape index (κ1) is 20.0. The quantitative estimate of drug-likeness (QED) is 0.280. The van der Waals surface area contributed by atoms with E-state index in [4.69, 9.17) is 9.40 Å². The van der Waals surface area contributed by atoms with Crippen LogP contribution in [0.1, 0.15) is 0 Å². The van der Waals surface area contributed by atoms with Gasteiger partial charge >= 0.3 is 0 Å². The topological polar surface area (TPSA) is 38.1 Å². The maximum atomic E-state index is 6.21. The number of hydrogen-bond acceptors (Lipinski definition) is 4. The Morgan fingerprint density at radius 3 is 2.09 bits per heavy atom. The van der Waals surface area contributed by atoms with Gasteiger partial charge in [0, 0.05) is 33.3 Å². The molecule has 5 aromatic carbocycles. The zero-order valence-electron chi connectivity index (χ0n) is 18.7. The molecule has 0 fully saturated rings. The monoisotopic (exact) mass is 468 g/mol. The van der Waals surface area contributed by atoms with Gasteiger partial charge in [-0.2, -0.15) is 0 Å². The molecule has 0 aliphatic carbocycles. The molecule has 2 heterocycles. The summed E-state index contributed by atoms with van der Waals surface area (Å²) in [5, 5.41) is 6.85. The molecule has 0 saturated heterocycles. The van der Waals surface area contributed by atoms with Gasteiger partial charge in [0.15, 0.2) is 0 Å². The summed E-state index contributed by atoms with van der Waals surface area (Å²) in [7, 11) is 0. The summed E-state index contributed by atoms with van der Waals surface area (Å²) in [6, 6.07) is 39.7. The average molecular weight is 469 g/mol. The Morgan fingerprint density at radius 1 is 0.600 bits per heavy atom. The summed E-state index contributed by atoms with van der Waals surface area (Å²) in [6.45, 7) is 0. The molecule has 0 unspecified atom stereocenters. The van der Waals surface area contributed by atoms with Gasteiger partial charge in [-0.25, -0.2) is 4.98 Å². The van der Waals surface area contributed by atoms with Gasteiger partial charge in [-0.3, -0.25) is 0 Å². The Morgan fingerprint density at radius 2 is 1.29 bits per heavy atom. The van der Waals surface area contributed by atoms with Crippen molar-refractivity contribution < 1.29 is 4.42 Å². The largest absolute Gasteiger partial charge is 0.455 e. The van der Waals surface area contributed by atoms with Crippen LogP contribution in [0.3, 0.4) is 0 Å². The second kappa shape index (κ2) is 8.12. The lowest BCUT2D eigenvalue weighted by Crippen LogP contribution is -1.90. The molecule has 2 aromatic heterocycles. The van der Waals surface area contributed by atoms with Crippen molar-refractivity contribution in [2.45, 2.75) is 0 Å². The maximum absolute atomic E-state index is 6.21. The summed E-state index contributed by atoms with van der Waals surface area (Å²) in [5.74, 6) is 0. The molecule has 7 aromatic rings. The highest BCUT2D eigenvalue weighted by Crippen LogP contribution is 2.36. The fraction of sp³-hybridized carbons (Fsp3) is 0. The van der Waals surface area contributed by atoms with Crippen molar-refractivity contribution in [1.82, 2.24) is 4.98 Å². The minimum absolute atomic E-state index is 0.919. The number of anilines is 2. The SMILES string of the molecule is c1ccc2sc(-c3ccc(Nc4ccc(-c5cccc6c5oc5ccccc56)cc4)cc3)nc2c1. The van der Waals surface area contributed by atoms with Crippen LogP contribution in [-0.4, -0.2) is 4.98 Å². The van der Waals surface area contributed by atoms with Gasteiger partial charge in [0.1, 0.15) is 16.2 Å². The second-order valence-corrected chi connectivity index (χ2v) is 9.58. The summed E-state index contributed by atoms with van der Waals surface area (Å²) in [5.41, 5.74) is 8.35. The van der Waals surface area contributed by atoms with Crippen LogP contribution in [-0.2, 0) is 0 Å². The lowest BCUT2D eigenvalue weighted by molar-refractivity contribution is 0.670. The van der Waals surface area contributed by atoms with Gasteiger partial charge in [0.25, 0.3) is 0 Å². The first-order valence-electron chi connectivity index (χ1n) is 11.6. The van der Waals surface area contributed by atoms with Crippen molar-refractivity contribution in [3.05, 3.63) is 115 Å². The molecule has 0 aliphatic heterocycles. The molecule has 4 heteroatoms. The molecule has 3 nitrogen and oxygen atoms in total. The number of benzene rings is 5. The molecule has 0 amide bonds. The molecular formula is C31H20N2OS. The fourth-order valence-corrected chi connectivity index (χ4v) is 5.54. The number of furan rings is 1. The molecule has 166 valence electrons. The Balaban J connectivity index is 1.14. The van der Waals surface area contributed by atoms with E-state index in [1.165, 1.54) is 4.70 Å². The summed E-state index contributed by atoms with van der Waals surface area (Å²) in [4.78, 5) is 4.76. The van der Waals surface area contributed by atoms with Crippen molar-refractivity contribution in [2.24, 2.45) is 0 Å². The smallest absolute Gasteiger partial charge is 0.143 e. The fourth-order valence-electron chi connectivity index (χ4n) is 4.57. The maximum Gasteiger partial charge on any atom is 0.143 e. The normalized spacial score (nSPS) is 11.4. The van der Waals surface area contributed by atoms with E-state index in [-0.39, 0.29) is 0 Å². The predicted octanol–water partition coefficient (Wildman–Crippen LogP) is 9.27. The second-order valence-electron chi connectivity index (χ2n) is 8.55. The van der Waals surface area contributed by atoms with Crippen molar-refractivity contribution in [3.63, 3.8) is 0 Å². The Bertz CT molecular complexity index is 1780. The Kier molecular flexibility index (Phi) is 4.64. The first-order chi connectivity index (χ1) is 17.3. The molecule has 0 radical (unpaired) electrons. The van der Waals surface area contributed by atoms with Gasteiger partial charge in [-0.1, -0.05) is 60.7 Å². The van der Waals surface area contributed by atoms with Crippen LogP contribution in [0, 0.1) is 0 Å². The third-order valence-corrected chi connectivity index (χ3v) is 7.40. The van der Waals surface area contributed by atoms with Crippen molar-refractivity contribution in [1.29, 1.82) is 0 Å². The van der Waals surface area contributed by atoms with E-state index < -0.39 is 0 Å². The number of thiazole rings is 1. The predicted molar refractivity (Wildman–Crippen MR) is 147 cm³/mol. The highest BCUT2D eigenvalue weighted by atomic mass is 32.1. The van der Waals surface area contributed by atoms with Crippen molar-refractivity contribution in [2.75, 3.05) is 5.32 Å².